The van der Waals surface area contributed by atoms with E-state index in [2.05, 4.69) is 4.98 Å². The van der Waals surface area contributed by atoms with E-state index in [0.717, 1.165) is 15.3 Å². The van der Waals surface area contributed by atoms with Gasteiger partial charge >= 0.3 is 0 Å². The van der Waals surface area contributed by atoms with E-state index >= 15 is 0 Å². The molecule has 0 spiro atoms. The summed E-state index contributed by atoms with van der Waals surface area (Å²) in [4.78, 5) is 36.3. The van der Waals surface area contributed by atoms with Crippen LogP contribution in [0.3, 0.4) is 0 Å². The molecule has 29 heavy (non-hydrogen) atoms. The number of thiophene rings is 2. The minimum Gasteiger partial charge on any atom is -0.290 e. The summed E-state index contributed by atoms with van der Waals surface area (Å²) in [5.41, 5.74) is 2.02. The highest BCUT2D eigenvalue weighted by atomic mass is 32.2. The van der Waals surface area contributed by atoms with Crippen LogP contribution in [0.15, 0.2) is 68.1 Å². The van der Waals surface area contributed by atoms with Crippen LogP contribution in [0.4, 0.5) is 0 Å². The number of thioether (sulfide) groups is 1. The Morgan fingerprint density at radius 2 is 2.00 bits per heavy atom. The molecule has 0 radical (unpaired) electrons. The molecule has 5 rings (SSSR count). The van der Waals surface area contributed by atoms with Gasteiger partial charge in [-0.3, -0.25) is 18.6 Å². The average Bonchev–Trinajstić information content (AvgIpc) is 3.39. The van der Waals surface area contributed by atoms with E-state index in [1.54, 1.807) is 41.3 Å². The maximum atomic E-state index is 13.0. The minimum atomic E-state index is -0.123. The number of aromatic nitrogens is 4. The summed E-state index contributed by atoms with van der Waals surface area (Å²) in [6.07, 6.45) is 1.70. The SMILES string of the molecule is Cn1c(SCc2cc(=O)n3ccccc3n2)nc2scc(-c3cccs3)c2c1=O. The molecule has 5 aromatic rings. The number of hydrogen-bond donors (Lipinski definition) is 0. The quantitative estimate of drug-likeness (QED) is 0.313. The Bertz CT molecular complexity index is 1470. The normalized spacial score (nSPS) is 11.5. The molecule has 0 aliphatic rings. The standard InChI is InChI=1S/C20H14N4O2S3/c1-23-19(26)17-13(14-5-4-8-27-14)11-28-18(17)22-20(23)29-10-12-9-16(25)24-7-3-2-6-15(24)21-12/h2-9,11H,10H2,1H3. The number of hydrogen-bond acceptors (Lipinski definition) is 7. The van der Waals surface area contributed by atoms with Crippen LogP contribution < -0.4 is 11.1 Å². The van der Waals surface area contributed by atoms with Gasteiger partial charge in [-0.2, -0.15) is 0 Å². The summed E-state index contributed by atoms with van der Waals surface area (Å²) in [5.74, 6) is 0.454. The summed E-state index contributed by atoms with van der Waals surface area (Å²) in [5, 5.41) is 5.26. The van der Waals surface area contributed by atoms with Crippen LogP contribution in [0.5, 0.6) is 0 Å². The molecule has 0 atom stereocenters. The first kappa shape index (κ1) is 18.3. The molecule has 0 aliphatic heterocycles. The molecule has 9 heteroatoms. The van der Waals surface area contributed by atoms with Gasteiger partial charge in [-0.1, -0.05) is 23.9 Å². The third-order valence-corrected chi connectivity index (χ3v) is 7.37. The Morgan fingerprint density at radius 1 is 1.10 bits per heavy atom. The van der Waals surface area contributed by atoms with E-state index in [1.165, 1.54) is 33.6 Å². The van der Waals surface area contributed by atoms with Crippen molar-refractivity contribution < 1.29 is 0 Å². The molecule has 144 valence electrons. The van der Waals surface area contributed by atoms with Crippen molar-refractivity contribution in [3.63, 3.8) is 0 Å². The van der Waals surface area contributed by atoms with Crippen molar-refractivity contribution in [2.24, 2.45) is 7.05 Å². The summed E-state index contributed by atoms with van der Waals surface area (Å²) >= 11 is 4.49. The first-order valence-corrected chi connectivity index (χ1v) is 11.5. The van der Waals surface area contributed by atoms with E-state index in [0.29, 0.717) is 27.6 Å². The second-order valence-corrected chi connectivity index (χ2v) is 9.12. The zero-order chi connectivity index (χ0) is 20.0. The van der Waals surface area contributed by atoms with Crippen molar-refractivity contribution >= 4 is 50.3 Å². The topological polar surface area (TPSA) is 69.3 Å². The second-order valence-electron chi connectivity index (χ2n) is 6.37. The fourth-order valence-electron chi connectivity index (χ4n) is 3.11. The number of pyridine rings is 1. The minimum absolute atomic E-state index is 0.0614. The van der Waals surface area contributed by atoms with Gasteiger partial charge in [0.15, 0.2) is 5.16 Å². The van der Waals surface area contributed by atoms with E-state index in [-0.39, 0.29) is 11.1 Å². The predicted octanol–water partition coefficient (Wildman–Crippen LogP) is 4.02. The number of fused-ring (bicyclic) bond motifs is 2. The fourth-order valence-corrected chi connectivity index (χ4v) is 5.78. The van der Waals surface area contributed by atoms with Gasteiger partial charge in [-0.15, -0.1) is 22.7 Å². The lowest BCUT2D eigenvalue weighted by Crippen LogP contribution is -2.20. The predicted molar refractivity (Wildman–Crippen MR) is 119 cm³/mol. The molecule has 0 N–H and O–H groups in total. The Kier molecular flexibility index (Phi) is 4.57. The van der Waals surface area contributed by atoms with Gasteiger partial charge in [0.2, 0.25) is 0 Å². The Labute approximate surface area is 177 Å². The smallest absolute Gasteiger partial charge is 0.263 e. The highest BCUT2D eigenvalue weighted by Gasteiger charge is 2.16. The van der Waals surface area contributed by atoms with Crippen molar-refractivity contribution in [3.05, 3.63) is 79.8 Å². The van der Waals surface area contributed by atoms with Gasteiger partial charge < -0.3 is 0 Å². The summed E-state index contributed by atoms with van der Waals surface area (Å²) < 4.78 is 3.08. The molecule has 0 aliphatic carbocycles. The number of rotatable bonds is 4. The molecule has 0 aromatic carbocycles. The van der Waals surface area contributed by atoms with Gasteiger partial charge in [0.25, 0.3) is 11.1 Å². The van der Waals surface area contributed by atoms with Crippen LogP contribution in [0.1, 0.15) is 5.69 Å². The largest absolute Gasteiger partial charge is 0.290 e. The lowest BCUT2D eigenvalue weighted by molar-refractivity contribution is 0.728. The van der Waals surface area contributed by atoms with Crippen LogP contribution in [0.25, 0.3) is 26.3 Å². The first-order chi connectivity index (χ1) is 14.1. The molecule has 5 aromatic heterocycles. The monoisotopic (exact) mass is 438 g/mol. The van der Waals surface area contributed by atoms with Crippen molar-refractivity contribution in [3.8, 4) is 10.4 Å². The second kappa shape index (κ2) is 7.25. The molecule has 5 heterocycles. The third-order valence-electron chi connectivity index (χ3n) is 4.53. The van der Waals surface area contributed by atoms with E-state index in [1.807, 2.05) is 29.0 Å². The fraction of sp³-hybridized carbons (Fsp3) is 0.100. The van der Waals surface area contributed by atoms with E-state index in [4.69, 9.17) is 4.98 Å². The maximum absolute atomic E-state index is 13.0. The molecular formula is C20H14N4O2S3. The van der Waals surface area contributed by atoms with Gasteiger partial charge in [0.1, 0.15) is 10.5 Å². The van der Waals surface area contributed by atoms with Gasteiger partial charge in [0, 0.05) is 40.9 Å². The molecule has 0 saturated carbocycles. The van der Waals surface area contributed by atoms with Crippen molar-refractivity contribution in [2.45, 2.75) is 10.9 Å². The Hall–Kier alpha value is -2.75. The summed E-state index contributed by atoms with van der Waals surface area (Å²) in [6, 6.07) is 11.0. The molecule has 0 saturated heterocycles. The molecular weight excluding hydrogens is 424 g/mol. The average molecular weight is 439 g/mol. The first-order valence-electron chi connectivity index (χ1n) is 8.74. The number of nitrogens with zero attached hydrogens (tertiary/aromatic N) is 4. The van der Waals surface area contributed by atoms with Crippen molar-refractivity contribution in [1.82, 2.24) is 18.9 Å². The van der Waals surface area contributed by atoms with Crippen molar-refractivity contribution in [1.29, 1.82) is 0 Å². The molecule has 0 fully saturated rings. The molecule has 6 nitrogen and oxygen atoms in total. The lowest BCUT2D eigenvalue weighted by atomic mass is 10.2. The Balaban J connectivity index is 1.51. The highest BCUT2D eigenvalue weighted by Crippen LogP contribution is 2.34. The molecule has 0 amide bonds. The van der Waals surface area contributed by atoms with Gasteiger partial charge in [0.05, 0.1) is 11.1 Å². The van der Waals surface area contributed by atoms with E-state index in [9.17, 15) is 9.59 Å². The molecule has 0 unspecified atom stereocenters. The van der Waals surface area contributed by atoms with Crippen LogP contribution in [-0.2, 0) is 12.8 Å². The van der Waals surface area contributed by atoms with Gasteiger partial charge in [-0.25, -0.2) is 9.97 Å². The Morgan fingerprint density at radius 3 is 2.83 bits per heavy atom. The lowest BCUT2D eigenvalue weighted by Gasteiger charge is -2.08. The van der Waals surface area contributed by atoms with Crippen LogP contribution in [0.2, 0.25) is 0 Å². The van der Waals surface area contributed by atoms with Crippen molar-refractivity contribution in [2.75, 3.05) is 0 Å². The maximum Gasteiger partial charge on any atom is 0.263 e. The summed E-state index contributed by atoms with van der Waals surface area (Å²) in [7, 11) is 1.73. The van der Waals surface area contributed by atoms with E-state index < -0.39 is 0 Å². The third kappa shape index (κ3) is 3.21. The zero-order valence-corrected chi connectivity index (χ0v) is 17.7. The molecule has 0 bridgehead atoms. The highest BCUT2D eigenvalue weighted by molar-refractivity contribution is 7.98. The van der Waals surface area contributed by atoms with Gasteiger partial charge in [-0.05, 0) is 23.6 Å². The van der Waals surface area contributed by atoms with Crippen LogP contribution in [0, 0.1) is 0 Å². The van der Waals surface area contributed by atoms with Crippen LogP contribution in [-0.4, -0.2) is 18.9 Å². The zero-order valence-electron chi connectivity index (χ0n) is 15.2. The van der Waals surface area contributed by atoms with Crippen LogP contribution >= 0.6 is 34.4 Å². The summed E-state index contributed by atoms with van der Waals surface area (Å²) in [6.45, 7) is 0.